The van der Waals surface area contributed by atoms with Crippen LogP contribution in [0, 0.1) is 3.57 Å². The van der Waals surface area contributed by atoms with Gasteiger partial charge in [-0.3, -0.25) is 4.79 Å². The second-order valence-electron chi connectivity index (χ2n) is 4.32. The molecule has 0 spiro atoms. The summed E-state index contributed by atoms with van der Waals surface area (Å²) < 4.78 is 11.6. The zero-order chi connectivity index (χ0) is 14.7. The molecule has 5 nitrogen and oxygen atoms in total. The summed E-state index contributed by atoms with van der Waals surface area (Å²) in [6.07, 6.45) is 1.56. The van der Waals surface area contributed by atoms with Crippen molar-refractivity contribution < 1.29 is 14.3 Å². The summed E-state index contributed by atoms with van der Waals surface area (Å²) in [4.78, 5) is 11.9. The van der Waals surface area contributed by atoms with E-state index in [1.54, 1.807) is 18.3 Å². The number of hydrazone groups is 1. The molecule has 0 saturated carbocycles. The number of fused-ring (bicyclic) bond motifs is 1. The maximum atomic E-state index is 11.9. The van der Waals surface area contributed by atoms with Crippen LogP contribution >= 0.6 is 22.6 Å². The van der Waals surface area contributed by atoms with Gasteiger partial charge in [0.2, 0.25) is 6.79 Å². The first kappa shape index (κ1) is 13.9. The summed E-state index contributed by atoms with van der Waals surface area (Å²) in [6, 6.07) is 12.7. The van der Waals surface area contributed by atoms with Gasteiger partial charge >= 0.3 is 0 Å². The Morgan fingerprint density at radius 3 is 2.71 bits per heavy atom. The first-order valence-electron chi connectivity index (χ1n) is 6.21. The Kier molecular flexibility index (Phi) is 4.05. The highest BCUT2D eigenvalue weighted by Crippen LogP contribution is 2.31. The third kappa shape index (κ3) is 3.33. The summed E-state index contributed by atoms with van der Waals surface area (Å²) in [7, 11) is 0. The predicted molar refractivity (Wildman–Crippen MR) is 86.8 cm³/mol. The lowest BCUT2D eigenvalue weighted by Crippen LogP contribution is -2.17. The van der Waals surface area contributed by atoms with Crippen LogP contribution in [0.4, 0.5) is 0 Å². The number of carbonyl (C=O) groups is 1. The predicted octanol–water partition coefficient (Wildman–Crippen LogP) is 2.78. The summed E-state index contributed by atoms with van der Waals surface area (Å²) in [6.45, 7) is 0.236. The number of amides is 1. The summed E-state index contributed by atoms with van der Waals surface area (Å²) in [5.74, 6) is 1.15. The highest BCUT2D eigenvalue weighted by atomic mass is 127. The topological polar surface area (TPSA) is 59.9 Å². The van der Waals surface area contributed by atoms with Gasteiger partial charge in [-0.15, -0.1) is 0 Å². The van der Waals surface area contributed by atoms with Crippen molar-refractivity contribution in [1.29, 1.82) is 0 Å². The van der Waals surface area contributed by atoms with Gasteiger partial charge in [-0.25, -0.2) is 5.43 Å². The Balaban J connectivity index is 1.64. The number of carbonyl (C=O) groups excluding carboxylic acids is 1. The van der Waals surface area contributed by atoms with Gasteiger partial charge in [-0.1, -0.05) is 0 Å². The van der Waals surface area contributed by atoms with Gasteiger partial charge in [-0.2, -0.15) is 5.10 Å². The molecule has 2 aromatic carbocycles. The smallest absolute Gasteiger partial charge is 0.271 e. The Labute approximate surface area is 135 Å². The van der Waals surface area contributed by atoms with Crippen molar-refractivity contribution in [3.05, 3.63) is 57.2 Å². The number of nitrogens with one attached hydrogen (secondary N) is 1. The van der Waals surface area contributed by atoms with Gasteiger partial charge in [0.05, 0.1) is 6.21 Å². The molecule has 106 valence electrons. The van der Waals surface area contributed by atoms with E-state index < -0.39 is 0 Å². The van der Waals surface area contributed by atoms with E-state index in [2.05, 4.69) is 33.1 Å². The van der Waals surface area contributed by atoms with Crippen LogP contribution in [-0.2, 0) is 0 Å². The number of hydrogen-bond acceptors (Lipinski definition) is 4. The fourth-order valence-electron chi connectivity index (χ4n) is 1.82. The molecule has 1 amide bonds. The molecule has 0 aromatic heterocycles. The minimum atomic E-state index is -0.247. The standard InChI is InChI=1S/C15H11IN2O3/c16-12-4-2-11(3-5-12)15(19)18-17-8-10-1-6-13-14(7-10)21-9-20-13/h1-8H,9H2,(H,18,19)/b17-8-. The Hall–Kier alpha value is -2.09. The zero-order valence-electron chi connectivity index (χ0n) is 10.9. The highest BCUT2D eigenvalue weighted by Gasteiger charge is 2.12. The Bertz CT molecular complexity index is 699. The lowest BCUT2D eigenvalue weighted by atomic mass is 10.2. The second kappa shape index (κ2) is 6.13. The minimum absolute atomic E-state index is 0.236. The van der Waals surface area contributed by atoms with Crippen molar-refractivity contribution in [2.75, 3.05) is 6.79 Å². The van der Waals surface area contributed by atoms with E-state index in [-0.39, 0.29) is 12.7 Å². The van der Waals surface area contributed by atoms with Gasteiger partial charge < -0.3 is 9.47 Å². The molecule has 1 N–H and O–H groups in total. The monoisotopic (exact) mass is 394 g/mol. The quantitative estimate of drug-likeness (QED) is 0.495. The maximum Gasteiger partial charge on any atom is 0.271 e. The lowest BCUT2D eigenvalue weighted by Gasteiger charge is -2.00. The first-order valence-corrected chi connectivity index (χ1v) is 7.29. The SMILES string of the molecule is O=C(N/N=C\c1ccc2c(c1)OCO2)c1ccc(I)cc1. The molecule has 0 saturated heterocycles. The molecule has 0 fully saturated rings. The van der Waals surface area contributed by atoms with Crippen LogP contribution in [-0.4, -0.2) is 18.9 Å². The normalized spacial score (nSPS) is 12.6. The van der Waals surface area contributed by atoms with E-state index >= 15 is 0 Å². The fraction of sp³-hybridized carbons (Fsp3) is 0.0667. The van der Waals surface area contributed by atoms with Crippen molar-refractivity contribution in [2.45, 2.75) is 0 Å². The lowest BCUT2D eigenvalue weighted by molar-refractivity contribution is 0.0955. The third-order valence-corrected chi connectivity index (χ3v) is 3.60. The third-order valence-electron chi connectivity index (χ3n) is 2.88. The van der Waals surface area contributed by atoms with E-state index in [0.717, 1.165) is 14.9 Å². The molecule has 1 heterocycles. The molecule has 1 aliphatic heterocycles. The van der Waals surface area contributed by atoms with Crippen molar-refractivity contribution in [2.24, 2.45) is 5.10 Å². The maximum absolute atomic E-state index is 11.9. The van der Waals surface area contributed by atoms with Crippen LogP contribution in [0.25, 0.3) is 0 Å². The number of nitrogens with zero attached hydrogens (tertiary/aromatic N) is 1. The molecule has 1 aliphatic rings. The summed E-state index contributed by atoms with van der Waals surface area (Å²) in [5, 5.41) is 3.94. The van der Waals surface area contributed by atoms with E-state index in [4.69, 9.17) is 9.47 Å². The molecule has 6 heteroatoms. The second-order valence-corrected chi connectivity index (χ2v) is 5.56. The van der Waals surface area contributed by atoms with Crippen molar-refractivity contribution >= 4 is 34.7 Å². The van der Waals surface area contributed by atoms with Crippen LogP contribution < -0.4 is 14.9 Å². The van der Waals surface area contributed by atoms with E-state index in [1.165, 1.54) is 0 Å². The van der Waals surface area contributed by atoms with Crippen molar-refractivity contribution in [1.82, 2.24) is 5.43 Å². The molecular formula is C15H11IN2O3. The van der Waals surface area contributed by atoms with Gasteiger partial charge in [-0.05, 0) is 70.6 Å². The molecule has 0 atom stereocenters. The van der Waals surface area contributed by atoms with Crippen LogP contribution in [0.3, 0.4) is 0 Å². The molecule has 0 unspecified atom stereocenters. The van der Waals surface area contributed by atoms with Crippen LogP contribution in [0.5, 0.6) is 11.5 Å². The number of ether oxygens (including phenoxy) is 2. The first-order chi connectivity index (χ1) is 10.2. The average molecular weight is 394 g/mol. The summed E-state index contributed by atoms with van der Waals surface area (Å²) >= 11 is 2.19. The van der Waals surface area contributed by atoms with Crippen LogP contribution in [0.15, 0.2) is 47.6 Å². The largest absolute Gasteiger partial charge is 0.454 e. The molecule has 0 radical (unpaired) electrons. The van der Waals surface area contributed by atoms with Gasteiger partial charge in [0, 0.05) is 9.13 Å². The molecule has 21 heavy (non-hydrogen) atoms. The fourth-order valence-corrected chi connectivity index (χ4v) is 2.18. The molecule has 3 rings (SSSR count). The number of benzene rings is 2. The van der Waals surface area contributed by atoms with Gasteiger partial charge in [0.15, 0.2) is 11.5 Å². The molecule has 0 bridgehead atoms. The Morgan fingerprint density at radius 2 is 1.90 bits per heavy atom. The molecular weight excluding hydrogens is 383 g/mol. The van der Waals surface area contributed by atoms with Gasteiger partial charge in [0.25, 0.3) is 5.91 Å². The van der Waals surface area contributed by atoms with E-state index in [1.807, 2.05) is 30.3 Å². The average Bonchev–Trinajstić information content (AvgIpc) is 2.95. The number of rotatable bonds is 3. The Morgan fingerprint density at radius 1 is 1.14 bits per heavy atom. The molecule has 2 aromatic rings. The zero-order valence-corrected chi connectivity index (χ0v) is 13.0. The van der Waals surface area contributed by atoms with E-state index in [9.17, 15) is 4.79 Å². The van der Waals surface area contributed by atoms with E-state index in [0.29, 0.717) is 11.3 Å². The van der Waals surface area contributed by atoms with Crippen LogP contribution in [0.1, 0.15) is 15.9 Å². The van der Waals surface area contributed by atoms with Gasteiger partial charge in [0.1, 0.15) is 0 Å². The number of hydrogen-bond donors (Lipinski definition) is 1. The van der Waals surface area contributed by atoms with Crippen LogP contribution in [0.2, 0.25) is 0 Å². The highest BCUT2D eigenvalue weighted by molar-refractivity contribution is 14.1. The van der Waals surface area contributed by atoms with Crippen molar-refractivity contribution in [3.8, 4) is 11.5 Å². The number of halogens is 1. The minimum Gasteiger partial charge on any atom is -0.454 e. The molecule has 0 aliphatic carbocycles. The van der Waals surface area contributed by atoms with Crippen molar-refractivity contribution in [3.63, 3.8) is 0 Å². The summed E-state index contributed by atoms with van der Waals surface area (Å²) in [5.41, 5.74) is 3.88.